The maximum absolute atomic E-state index is 10.6. The number of carboxylic acid groups (broad SMARTS) is 1. The van der Waals surface area contributed by atoms with E-state index in [1.165, 1.54) is 0 Å². The van der Waals surface area contributed by atoms with Crippen molar-refractivity contribution in [3.63, 3.8) is 0 Å². The zero-order chi connectivity index (χ0) is 12.4. The van der Waals surface area contributed by atoms with Gasteiger partial charge >= 0.3 is 5.97 Å². The van der Waals surface area contributed by atoms with Gasteiger partial charge in [0.1, 0.15) is 0 Å². The van der Waals surface area contributed by atoms with E-state index in [2.05, 4.69) is 0 Å². The third-order valence-electron chi connectivity index (χ3n) is 1.76. The van der Waals surface area contributed by atoms with Crippen molar-refractivity contribution in [2.24, 2.45) is 17.6 Å². The Morgan fingerprint density at radius 2 is 1.67 bits per heavy atom. The zero-order valence-corrected chi connectivity index (χ0v) is 10.1. The molecule has 0 aromatic rings. The summed E-state index contributed by atoms with van der Waals surface area (Å²) in [4.78, 5) is 21.0. The number of hydrogen-bond donors (Lipinski definition) is 2. The number of amides is 1. The van der Waals surface area contributed by atoms with E-state index in [-0.39, 0.29) is 18.8 Å². The van der Waals surface area contributed by atoms with Crippen molar-refractivity contribution in [2.45, 2.75) is 47.0 Å². The van der Waals surface area contributed by atoms with E-state index in [9.17, 15) is 9.59 Å². The van der Waals surface area contributed by atoms with Gasteiger partial charge in [-0.2, -0.15) is 0 Å². The molecule has 1 unspecified atom stereocenters. The third kappa shape index (κ3) is 12.9. The summed E-state index contributed by atoms with van der Waals surface area (Å²) in [7, 11) is 0. The highest BCUT2D eigenvalue weighted by atomic mass is 16.4. The molecule has 1 amide bonds. The van der Waals surface area contributed by atoms with Crippen LogP contribution in [0.3, 0.4) is 0 Å². The Morgan fingerprint density at radius 3 is 1.93 bits per heavy atom. The molecule has 0 aliphatic rings. The molecule has 4 nitrogen and oxygen atoms in total. The lowest BCUT2D eigenvalue weighted by Gasteiger charge is -2.14. The average Bonchev–Trinajstić information content (AvgIpc) is 2.03. The van der Waals surface area contributed by atoms with Gasteiger partial charge in [0.2, 0.25) is 5.91 Å². The number of rotatable bonds is 6. The topological polar surface area (TPSA) is 80.4 Å². The second-order valence-electron chi connectivity index (χ2n) is 3.76. The van der Waals surface area contributed by atoms with Gasteiger partial charge in [0.05, 0.1) is 0 Å². The first-order chi connectivity index (χ1) is 6.91. The van der Waals surface area contributed by atoms with E-state index < -0.39 is 11.9 Å². The van der Waals surface area contributed by atoms with Crippen molar-refractivity contribution in [1.29, 1.82) is 0 Å². The van der Waals surface area contributed by atoms with Crippen LogP contribution in [0, 0.1) is 11.8 Å². The van der Waals surface area contributed by atoms with Crippen molar-refractivity contribution in [2.75, 3.05) is 0 Å². The molecule has 0 aliphatic heterocycles. The summed E-state index contributed by atoms with van der Waals surface area (Å²) in [6.45, 7) is 7.99. The van der Waals surface area contributed by atoms with Crippen LogP contribution in [0.2, 0.25) is 0 Å². The Labute approximate surface area is 91.9 Å². The Balaban J connectivity index is 0. The number of aliphatic carboxylic acids is 1. The summed E-state index contributed by atoms with van der Waals surface area (Å²) in [6, 6.07) is 0. The van der Waals surface area contributed by atoms with Crippen LogP contribution in [0.5, 0.6) is 0 Å². The second kappa shape index (κ2) is 9.49. The normalized spacial score (nSPS) is 11.5. The summed E-state index contributed by atoms with van der Waals surface area (Å²) in [5.74, 6) is -1.02. The minimum Gasteiger partial charge on any atom is -0.481 e. The molecule has 90 valence electrons. The number of primary amides is 1. The van der Waals surface area contributed by atoms with Gasteiger partial charge in [0.15, 0.2) is 0 Å². The standard InChI is InChI=1S/C9H17NO3.C2H6/c1-6(2)3-7(4-8(10)11)5-9(12)13;1-2/h6-7H,3-5H2,1-2H3,(H2,10,11)(H,12,13);1-2H3. The van der Waals surface area contributed by atoms with E-state index >= 15 is 0 Å². The fraction of sp³-hybridized carbons (Fsp3) is 0.818. The number of nitrogens with two attached hydrogens (primary N) is 1. The predicted octanol–water partition coefficient (Wildman–Crippen LogP) is 2.02. The Hall–Kier alpha value is -1.06. The van der Waals surface area contributed by atoms with Gasteiger partial charge in [-0.1, -0.05) is 27.7 Å². The van der Waals surface area contributed by atoms with E-state index in [4.69, 9.17) is 10.8 Å². The van der Waals surface area contributed by atoms with Crippen LogP contribution in [-0.2, 0) is 9.59 Å². The van der Waals surface area contributed by atoms with Crippen LogP contribution in [0.25, 0.3) is 0 Å². The summed E-state index contributed by atoms with van der Waals surface area (Å²) >= 11 is 0. The maximum atomic E-state index is 10.6. The molecule has 0 aromatic heterocycles. The highest BCUT2D eigenvalue weighted by Gasteiger charge is 2.16. The highest BCUT2D eigenvalue weighted by Crippen LogP contribution is 2.18. The maximum Gasteiger partial charge on any atom is 0.303 e. The van der Waals surface area contributed by atoms with Crippen LogP contribution in [0.1, 0.15) is 47.0 Å². The first kappa shape index (κ1) is 16.4. The van der Waals surface area contributed by atoms with Gasteiger partial charge in [0.25, 0.3) is 0 Å². The Morgan fingerprint density at radius 1 is 1.20 bits per heavy atom. The monoisotopic (exact) mass is 217 g/mol. The van der Waals surface area contributed by atoms with Crippen LogP contribution >= 0.6 is 0 Å². The minimum atomic E-state index is -0.869. The first-order valence-corrected chi connectivity index (χ1v) is 5.42. The summed E-state index contributed by atoms with van der Waals surface area (Å²) in [5, 5.41) is 8.56. The average molecular weight is 217 g/mol. The van der Waals surface area contributed by atoms with E-state index in [1.54, 1.807) is 0 Å². The molecule has 15 heavy (non-hydrogen) atoms. The van der Waals surface area contributed by atoms with Crippen molar-refractivity contribution < 1.29 is 14.7 Å². The summed E-state index contributed by atoms with van der Waals surface area (Å²) in [5.41, 5.74) is 5.01. The molecule has 0 heterocycles. The van der Waals surface area contributed by atoms with E-state index in [1.807, 2.05) is 27.7 Å². The number of carbonyl (C=O) groups is 2. The molecule has 0 spiro atoms. The van der Waals surface area contributed by atoms with Crippen molar-refractivity contribution in [3.05, 3.63) is 0 Å². The molecule has 0 fully saturated rings. The SMILES string of the molecule is CC.CC(C)CC(CC(N)=O)CC(=O)O. The lowest BCUT2D eigenvalue weighted by Crippen LogP contribution is -2.19. The Bertz CT molecular complexity index is 174. The summed E-state index contributed by atoms with van der Waals surface area (Å²) in [6.07, 6.45) is 0.931. The number of carboxylic acids is 1. The van der Waals surface area contributed by atoms with Crippen LogP contribution in [0.15, 0.2) is 0 Å². The van der Waals surface area contributed by atoms with Crippen molar-refractivity contribution >= 4 is 11.9 Å². The predicted molar refractivity (Wildman–Crippen MR) is 60.4 cm³/mol. The Kier molecular flexibility index (Phi) is 10.4. The quantitative estimate of drug-likeness (QED) is 0.714. The molecule has 0 saturated heterocycles. The van der Waals surface area contributed by atoms with Crippen molar-refractivity contribution in [3.8, 4) is 0 Å². The number of hydrogen-bond acceptors (Lipinski definition) is 2. The number of carbonyl (C=O) groups excluding carboxylic acids is 1. The molecule has 0 radical (unpaired) electrons. The lowest BCUT2D eigenvalue weighted by molar-refractivity contribution is -0.138. The molecule has 4 heteroatoms. The third-order valence-corrected chi connectivity index (χ3v) is 1.76. The first-order valence-electron chi connectivity index (χ1n) is 5.42. The zero-order valence-electron chi connectivity index (χ0n) is 10.1. The van der Waals surface area contributed by atoms with Crippen LogP contribution in [-0.4, -0.2) is 17.0 Å². The van der Waals surface area contributed by atoms with E-state index in [0.29, 0.717) is 5.92 Å². The molecule has 0 aliphatic carbocycles. The smallest absolute Gasteiger partial charge is 0.303 e. The van der Waals surface area contributed by atoms with Crippen molar-refractivity contribution in [1.82, 2.24) is 0 Å². The molecular weight excluding hydrogens is 194 g/mol. The molecule has 0 saturated carbocycles. The second-order valence-corrected chi connectivity index (χ2v) is 3.76. The molecule has 0 bridgehead atoms. The van der Waals surface area contributed by atoms with Crippen LogP contribution < -0.4 is 5.73 Å². The lowest BCUT2D eigenvalue weighted by atomic mass is 9.91. The summed E-state index contributed by atoms with van der Waals surface area (Å²) < 4.78 is 0. The van der Waals surface area contributed by atoms with Gasteiger partial charge in [-0.25, -0.2) is 0 Å². The van der Waals surface area contributed by atoms with Gasteiger partial charge in [-0.15, -0.1) is 0 Å². The molecule has 3 N–H and O–H groups in total. The fourth-order valence-electron chi connectivity index (χ4n) is 1.44. The van der Waals surface area contributed by atoms with Gasteiger partial charge in [-0.05, 0) is 18.3 Å². The van der Waals surface area contributed by atoms with Gasteiger partial charge in [0, 0.05) is 12.8 Å². The molecule has 0 aromatic carbocycles. The van der Waals surface area contributed by atoms with Crippen LogP contribution in [0.4, 0.5) is 0 Å². The van der Waals surface area contributed by atoms with Gasteiger partial charge in [-0.3, -0.25) is 9.59 Å². The van der Waals surface area contributed by atoms with E-state index in [0.717, 1.165) is 6.42 Å². The fourth-order valence-corrected chi connectivity index (χ4v) is 1.44. The minimum absolute atomic E-state index is 0.0289. The molecule has 1 atom stereocenters. The largest absolute Gasteiger partial charge is 0.481 e. The molecular formula is C11H23NO3. The molecule has 0 rings (SSSR count). The van der Waals surface area contributed by atoms with Gasteiger partial charge < -0.3 is 10.8 Å². The highest BCUT2D eigenvalue weighted by molar-refractivity contribution is 5.75.